The Labute approximate surface area is 89.8 Å². The number of carbonyl (C=O) groups excluding carboxylic acids is 1. The Morgan fingerprint density at radius 3 is 2.67 bits per heavy atom. The Bertz CT molecular complexity index is 325. The van der Waals surface area contributed by atoms with Crippen molar-refractivity contribution in [2.45, 2.75) is 38.3 Å². The summed E-state index contributed by atoms with van der Waals surface area (Å²) in [6, 6.07) is -0.960. The van der Waals surface area contributed by atoms with E-state index in [1.54, 1.807) is 0 Å². The third-order valence-corrected chi connectivity index (χ3v) is 4.30. The average Bonchev–Trinajstić information content (AvgIpc) is 2.44. The molecule has 1 rings (SSSR count). The van der Waals surface area contributed by atoms with Crippen molar-refractivity contribution >= 4 is 15.8 Å². The van der Waals surface area contributed by atoms with Crippen LogP contribution in [0.2, 0.25) is 0 Å². The van der Waals surface area contributed by atoms with Crippen LogP contribution in [0.4, 0.5) is 0 Å². The first-order valence-corrected chi connectivity index (χ1v) is 6.94. The Balaban J connectivity index is 2.49. The number of hydrogen-bond donors (Lipinski definition) is 1. The van der Waals surface area contributed by atoms with Crippen LogP contribution in [-0.4, -0.2) is 38.0 Å². The number of aliphatic carboxylic acids is 1. The van der Waals surface area contributed by atoms with Gasteiger partial charge in [-0.3, -0.25) is 0 Å². The van der Waals surface area contributed by atoms with Crippen molar-refractivity contribution < 1.29 is 18.3 Å². The molecule has 0 saturated carbocycles. The van der Waals surface area contributed by atoms with Gasteiger partial charge in [0, 0.05) is 12.1 Å². The van der Waals surface area contributed by atoms with Gasteiger partial charge >= 0.3 is 0 Å². The molecule has 2 unspecified atom stereocenters. The molecule has 1 heterocycles. The number of carboxylic acids is 1. The fourth-order valence-corrected chi connectivity index (χ4v) is 3.46. The van der Waals surface area contributed by atoms with E-state index < -0.39 is 21.8 Å². The van der Waals surface area contributed by atoms with Gasteiger partial charge in [-0.15, -0.1) is 0 Å². The lowest BCUT2D eigenvalue weighted by Gasteiger charge is -2.22. The van der Waals surface area contributed by atoms with Gasteiger partial charge in [0.2, 0.25) is 0 Å². The minimum absolute atomic E-state index is 0.0422. The molecule has 0 aromatic carbocycles. The minimum Gasteiger partial charge on any atom is -0.548 e. The first-order valence-electron chi connectivity index (χ1n) is 5.12. The van der Waals surface area contributed by atoms with E-state index in [1.165, 1.54) is 0 Å². The highest BCUT2D eigenvalue weighted by atomic mass is 32.2. The molecule has 0 spiro atoms. The summed E-state index contributed by atoms with van der Waals surface area (Å²) in [7, 11) is -2.96. The van der Waals surface area contributed by atoms with E-state index in [1.807, 2.05) is 6.92 Å². The first-order chi connectivity index (χ1) is 6.94. The Morgan fingerprint density at radius 2 is 2.27 bits per heavy atom. The van der Waals surface area contributed by atoms with Crippen LogP contribution in [0.1, 0.15) is 26.2 Å². The lowest BCUT2D eigenvalue weighted by atomic mass is 10.1. The van der Waals surface area contributed by atoms with Crippen molar-refractivity contribution in [1.82, 2.24) is 5.32 Å². The summed E-state index contributed by atoms with van der Waals surface area (Å²) < 4.78 is 22.3. The van der Waals surface area contributed by atoms with Crippen molar-refractivity contribution in [2.75, 3.05) is 11.5 Å². The molecule has 6 heteroatoms. The molecule has 0 aromatic heterocycles. The zero-order valence-electron chi connectivity index (χ0n) is 8.73. The molecule has 1 fully saturated rings. The van der Waals surface area contributed by atoms with E-state index in [2.05, 4.69) is 5.32 Å². The van der Waals surface area contributed by atoms with Crippen LogP contribution in [0, 0.1) is 0 Å². The molecule has 1 aliphatic heterocycles. The predicted molar refractivity (Wildman–Crippen MR) is 53.9 cm³/mol. The molecule has 0 aliphatic carbocycles. The van der Waals surface area contributed by atoms with Crippen LogP contribution in [0.3, 0.4) is 0 Å². The molecule has 0 bridgehead atoms. The first kappa shape index (κ1) is 12.4. The van der Waals surface area contributed by atoms with Crippen molar-refractivity contribution in [2.24, 2.45) is 0 Å². The number of rotatable bonds is 5. The molecular formula is C9H16NO4S-. The van der Waals surface area contributed by atoms with E-state index in [0.717, 1.165) is 6.42 Å². The third-order valence-electron chi connectivity index (χ3n) is 2.53. The van der Waals surface area contributed by atoms with E-state index in [4.69, 9.17) is 0 Å². The molecule has 0 radical (unpaired) electrons. The van der Waals surface area contributed by atoms with Gasteiger partial charge in [0.1, 0.15) is 0 Å². The predicted octanol–water partition coefficient (Wildman–Crippen LogP) is -1.32. The van der Waals surface area contributed by atoms with E-state index in [0.29, 0.717) is 12.8 Å². The largest absolute Gasteiger partial charge is 0.548 e. The highest BCUT2D eigenvalue weighted by Gasteiger charge is 2.29. The van der Waals surface area contributed by atoms with Gasteiger partial charge in [0.05, 0.1) is 17.5 Å². The molecule has 5 nitrogen and oxygen atoms in total. The number of carbonyl (C=O) groups is 1. The summed E-state index contributed by atoms with van der Waals surface area (Å²) in [5, 5.41) is 13.5. The summed E-state index contributed by atoms with van der Waals surface area (Å²) in [4.78, 5) is 10.7. The summed E-state index contributed by atoms with van der Waals surface area (Å²) in [6.07, 6.45) is 1.69. The van der Waals surface area contributed by atoms with Crippen molar-refractivity contribution in [1.29, 1.82) is 0 Å². The van der Waals surface area contributed by atoms with Gasteiger partial charge in [-0.1, -0.05) is 13.3 Å². The minimum atomic E-state index is -2.96. The maximum atomic E-state index is 11.1. The van der Waals surface area contributed by atoms with Crippen molar-refractivity contribution in [3.05, 3.63) is 0 Å². The second kappa shape index (κ2) is 4.94. The van der Waals surface area contributed by atoms with Crippen LogP contribution >= 0.6 is 0 Å². The molecule has 2 atom stereocenters. The van der Waals surface area contributed by atoms with Crippen molar-refractivity contribution in [3.63, 3.8) is 0 Å². The van der Waals surface area contributed by atoms with Gasteiger partial charge in [-0.2, -0.15) is 0 Å². The second-order valence-corrected chi connectivity index (χ2v) is 6.16. The zero-order valence-corrected chi connectivity index (χ0v) is 9.55. The second-order valence-electron chi connectivity index (χ2n) is 3.93. The monoisotopic (exact) mass is 234 g/mol. The summed E-state index contributed by atoms with van der Waals surface area (Å²) >= 11 is 0. The van der Waals surface area contributed by atoms with Gasteiger partial charge < -0.3 is 15.2 Å². The molecule has 0 aromatic rings. The fourth-order valence-electron chi connectivity index (χ4n) is 1.77. The SMILES string of the molecule is CCCC(NC1CCS(=O)(=O)C1)C(=O)[O-]. The van der Waals surface area contributed by atoms with E-state index in [-0.39, 0.29) is 17.5 Å². The van der Waals surface area contributed by atoms with Gasteiger partial charge in [0.25, 0.3) is 0 Å². The smallest absolute Gasteiger partial charge is 0.151 e. The fraction of sp³-hybridized carbons (Fsp3) is 0.889. The standard InChI is InChI=1S/C9H17NO4S/c1-2-3-8(9(11)12)10-7-4-5-15(13,14)6-7/h7-8,10H,2-6H2,1H3,(H,11,12)/p-1. The molecule has 1 N–H and O–H groups in total. The average molecular weight is 234 g/mol. The Morgan fingerprint density at radius 1 is 1.60 bits per heavy atom. The normalized spacial score (nSPS) is 26.3. The maximum Gasteiger partial charge on any atom is 0.151 e. The lowest BCUT2D eigenvalue weighted by molar-refractivity contribution is -0.308. The quantitative estimate of drug-likeness (QED) is 0.637. The summed E-state index contributed by atoms with van der Waals surface area (Å²) in [5.74, 6) is -0.960. The van der Waals surface area contributed by atoms with Crippen LogP contribution in [-0.2, 0) is 14.6 Å². The number of sulfone groups is 1. The highest BCUT2D eigenvalue weighted by Crippen LogP contribution is 2.12. The Kier molecular flexibility index (Phi) is 4.10. The van der Waals surface area contributed by atoms with Gasteiger partial charge in [-0.05, 0) is 12.8 Å². The van der Waals surface area contributed by atoms with Gasteiger partial charge in [-0.25, -0.2) is 8.42 Å². The maximum absolute atomic E-state index is 11.1. The highest BCUT2D eigenvalue weighted by molar-refractivity contribution is 7.91. The van der Waals surface area contributed by atoms with Crippen LogP contribution in [0.5, 0.6) is 0 Å². The van der Waals surface area contributed by atoms with Gasteiger partial charge in [0.15, 0.2) is 9.84 Å². The van der Waals surface area contributed by atoms with Crippen LogP contribution in [0.15, 0.2) is 0 Å². The molecule has 88 valence electrons. The van der Waals surface area contributed by atoms with E-state index >= 15 is 0 Å². The Hall–Kier alpha value is -0.620. The summed E-state index contributed by atoms with van der Waals surface area (Å²) in [5.41, 5.74) is 0. The number of nitrogens with one attached hydrogen (secondary N) is 1. The molecule has 1 aliphatic rings. The van der Waals surface area contributed by atoms with Crippen LogP contribution < -0.4 is 10.4 Å². The summed E-state index contributed by atoms with van der Waals surface area (Å²) in [6.45, 7) is 1.88. The molecular weight excluding hydrogens is 218 g/mol. The van der Waals surface area contributed by atoms with E-state index in [9.17, 15) is 18.3 Å². The third kappa shape index (κ3) is 3.79. The topological polar surface area (TPSA) is 86.3 Å². The lowest BCUT2D eigenvalue weighted by Crippen LogP contribution is -2.49. The van der Waals surface area contributed by atoms with Crippen LogP contribution in [0.25, 0.3) is 0 Å². The number of hydrogen-bond acceptors (Lipinski definition) is 5. The molecule has 0 amide bonds. The molecule has 1 saturated heterocycles. The number of carboxylic acid groups (broad SMARTS) is 1. The van der Waals surface area contributed by atoms with Crippen molar-refractivity contribution in [3.8, 4) is 0 Å². The molecule has 15 heavy (non-hydrogen) atoms. The zero-order chi connectivity index (χ0) is 11.5.